The number of nitrogens with zero attached hydrogens (tertiary/aromatic N) is 1. The van der Waals surface area contributed by atoms with Gasteiger partial charge in [-0.2, -0.15) is 0 Å². The summed E-state index contributed by atoms with van der Waals surface area (Å²) < 4.78 is 28.8. The summed E-state index contributed by atoms with van der Waals surface area (Å²) in [7, 11) is 0. The second-order valence-electron chi connectivity index (χ2n) is 11.3. The van der Waals surface area contributed by atoms with E-state index in [4.69, 9.17) is 9.47 Å². The van der Waals surface area contributed by atoms with Crippen molar-refractivity contribution in [3.05, 3.63) is 107 Å². The van der Waals surface area contributed by atoms with E-state index in [-0.39, 0.29) is 17.7 Å². The van der Waals surface area contributed by atoms with Crippen LogP contribution >= 0.6 is 0 Å². The molecule has 4 aromatic rings. The highest BCUT2D eigenvalue weighted by Gasteiger charge is 2.32. The molecule has 1 aliphatic carbocycles. The molecule has 2 aliphatic rings. The van der Waals surface area contributed by atoms with Crippen LogP contribution in [-0.4, -0.2) is 28.9 Å². The number of carbonyl (C=O) groups is 1. The molecule has 6 rings (SSSR count). The molecule has 2 fully saturated rings. The molecule has 6 heteroatoms. The summed E-state index contributed by atoms with van der Waals surface area (Å²) in [6.07, 6.45) is 6.69. The van der Waals surface area contributed by atoms with Gasteiger partial charge in [0, 0.05) is 42.0 Å². The maximum Gasteiger partial charge on any atom is 0.328 e. The van der Waals surface area contributed by atoms with Crippen LogP contribution in [0.4, 0.5) is 4.39 Å². The van der Waals surface area contributed by atoms with E-state index in [0.717, 1.165) is 72.0 Å². The molecular weight excluding hydrogens is 517 g/mol. The van der Waals surface area contributed by atoms with E-state index < -0.39 is 5.97 Å². The first kappa shape index (κ1) is 27.3. The lowest BCUT2D eigenvalue weighted by atomic mass is 9.77. The molecule has 212 valence electrons. The third-order valence-electron chi connectivity index (χ3n) is 8.57. The lowest BCUT2D eigenvalue weighted by Gasteiger charge is -2.30. The van der Waals surface area contributed by atoms with Gasteiger partial charge in [-0.05, 0) is 104 Å². The average molecular weight is 554 g/mol. The molecule has 1 aromatic heterocycles. The maximum atomic E-state index is 14.4. The topological polar surface area (TPSA) is 60.7 Å². The zero-order chi connectivity index (χ0) is 28.3. The van der Waals surface area contributed by atoms with Crippen molar-refractivity contribution in [3.8, 4) is 11.4 Å². The molecule has 5 nitrogen and oxygen atoms in total. The minimum atomic E-state index is -0.883. The number of benzene rings is 3. The Kier molecular flexibility index (Phi) is 7.93. The number of aryl methyl sites for hydroxylation is 1. The number of carboxylic acid groups (broad SMARTS) is 1. The van der Waals surface area contributed by atoms with Gasteiger partial charge in [0.2, 0.25) is 0 Å². The molecule has 0 spiro atoms. The molecular formula is C35H36FNO4. The summed E-state index contributed by atoms with van der Waals surface area (Å²) in [6, 6.07) is 21.8. The Balaban J connectivity index is 1.54. The van der Waals surface area contributed by atoms with Gasteiger partial charge in [-0.3, -0.25) is 0 Å². The largest absolute Gasteiger partial charge is 0.489 e. The van der Waals surface area contributed by atoms with Crippen LogP contribution in [0, 0.1) is 12.7 Å². The van der Waals surface area contributed by atoms with Gasteiger partial charge in [0.1, 0.15) is 18.2 Å². The van der Waals surface area contributed by atoms with Gasteiger partial charge in [-0.1, -0.05) is 35.9 Å². The highest BCUT2D eigenvalue weighted by Crippen LogP contribution is 2.47. The molecule has 3 aromatic carbocycles. The summed E-state index contributed by atoms with van der Waals surface area (Å²) in [6.45, 7) is 3.68. The number of rotatable bonds is 7. The summed E-state index contributed by atoms with van der Waals surface area (Å²) in [4.78, 5) is 11.6. The van der Waals surface area contributed by atoms with Gasteiger partial charge in [0.05, 0.1) is 5.52 Å². The van der Waals surface area contributed by atoms with E-state index >= 15 is 0 Å². The highest BCUT2D eigenvalue weighted by molar-refractivity contribution is 5.90. The third kappa shape index (κ3) is 5.80. The Morgan fingerprint density at radius 3 is 2.61 bits per heavy atom. The standard InChI is InChI=1S/C35H36FNO4/c1-23-18-28(10-12-31(23)36)37-32-13-11-29(41-22-24-6-3-2-4-7-24)21-30(32)34(35(37)26-14-16-40-17-15-26)27-9-5-8-25(19-27)20-33(38)39/h2-4,6-7,10-13,18,20-21,26-27H,5,8-9,14-17,19,22H2,1H3,(H,38,39). The number of allylic oxidation sites excluding steroid dienone is 1. The van der Waals surface area contributed by atoms with Crippen LogP contribution in [0.2, 0.25) is 0 Å². The predicted octanol–water partition coefficient (Wildman–Crippen LogP) is 8.22. The number of hydrogen-bond donors (Lipinski definition) is 1. The number of halogens is 1. The SMILES string of the molecule is Cc1cc(-n2c(C3CCOCC3)c(C3CCCC(=CC(=O)O)C3)c3cc(OCc4ccccc4)ccc32)ccc1F. The quantitative estimate of drug-likeness (QED) is 0.234. The second kappa shape index (κ2) is 11.9. The molecule has 1 unspecified atom stereocenters. The van der Waals surface area contributed by atoms with Crippen molar-refractivity contribution in [2.24, 2.45) is 0 Å². The van der Waals surface area contributed by atoms with E-state index in [1.54, 1.807) is 13.0 Å². The molecule has 1 N–H and O–H groups in total. The van der Waals surface area contributed by atoms with Gasteiger partial charge < -0.3 is 19.1 Å². The molecule has 0 amide bonds. The van der Waals surface area contributed by atoms with Gasteiger partial charge >= 0.3 is 5.97 Å². The number of carboxylic acids is 1. The molecule has 41 heavy (non-hydrogen) atoms. The Labute approximate surface area is 240 Å². The van der Waals surface area contributed by atoms with Gasteiger partial charge in [-0.25, -0.2) is 9.18 Å². The predicted molar refractivity (Wildman–Crippen MR) is 158 cm³/mol. The van der Waals surface area contributed by atoms with Crippen LogP contribution in [0.3, 0.4) is 0 Å². The zero-order valence-electron chi connectivity index (χ0n) is 23.4. The van der Waals surface area contributed by atoms with E-state index in [1.807, 2.05) is 36.4 Å². The van der Waals surface area contributed by atoms with Crippen LogP contribution in [0.25, 0.3) is 16.6 Å². The van der Waals surface area contributed by atoms with Gasteiger partial charge in [-0.15, -0.1) is 0 Å². The van der Waals surface area contributed by atoms with E-state index in [9.17, 15) is 14.3 Å². The first-order chi connectivity index (χ1) is 20.0. The molecule has 0 radical (unpaired) electrons. The Hall–Kier alpha value is -3.90. The Morgan fingerprint density at radius 2 is 1.85 bits per heavy atom. The molecule has 2 heterocycles. The number of hydrogen-bond acceptors (Lipinski definition) is 3. The third-order valence-corrected chi connectivity index (χ3v) is 8.57. The van der Waals surface area contributed by atoms with Crippen molar-refractivity contribution < 1.29 is 23.8 Å². The normalized spacial score (nSPS) is 19.1. The lowest BCUT2D eigenvalue weighted by Crippen LogP contribution is -2.20. The maximum absolute atomic E-state index is 14.4. The van der Waals surface area contributed by atoms with Gasteiger partial charge in [0.15, 0.2) is 0 Å². The fourth-order valence-electron chi connectivity index (χ4n) is 6.64. The van der Waals surface area contributed by atoms with Crippen LogP contribution < -0.4 is 4.74 Å². The number of ether oxygens (including phenoxy) is 2. The van der Waals surface area contributed by atoms with Crippen molar-refractivity contribution in [3.63, 3.8) is 0 Å². The minimum Gasteiger partial charge on any atom is -0.489 e. The fourth-order valence-corrected chi connectivity index (χ4v) is 6.64. The lowest BCUT2D eigenvalue weighted by molar-refractivity contribution is -0.131. The minimum absolute atomic E-state index is 0.182. The van der Waals surface area contributed by atoms with Crippen molar-refractivity contribution >= 4 is 16.9 Å². The smallest absolute Gasteiger partial charge is 0.328 e. The second-order valence-corrected chi connectivity index (χ2v) is 11.3. The van der Waals surface area contributed by atoms with Gasteiger partial charge in [0.25, 0.3) is 0 Å². The molecule has 0 bridgehead atoms. The average Bonchev–Trinajstić information content (AvgIpc) is 3.33. The molecule has 1 saturated heterocycles. The molecule has 1 saturated carbocycles. The first-order valence-corrected chi connectivity index (χ1v) is 14.6. The molecule has 1 aliphatic heterocycles. The highest BCUT2D eigenvalue weighted by atomic mass is 19.1. The first-order valence-electron chi connectivity index (χ1n) is 14.6. The van der Waals surface area contributed by atoms with Crippen molar-refractivity contribution in [2.75, 3.05) is 13.2 Å². The Morgan fingerprint density at radius 1 is 1.05 bits per heavy atom. The van der Waals surface area contributed by atoms with E-state index in [2.05, 4.69) is 28.8 Å². The number of fused-ring (bicyclic) bond motifs is 1. The van der Waals surface area contributed by atoms with Crippen molar-refractivity contribution in [1.29, 1.82) is 0 Å². The zero-order valence-corrected chi connectivity index (χ0v) is 23.4. The van der Waals surface area contributed by atoms with Crippen LogP contribution in [-0.2, 0) is 16.1 Å². The van der Waals surface area contributed by atoms with E-state index in [1.165, 1.54) is 17.3 Å². The number of aromatic nitrogens is 1. The van der Waals surface area contributed by atoms with E-state index in [0.29, 0.717) is 25.4 Å². The summed E-state index contributed by atoms with van der Waals surface area (Å²) in [5, 5.41) is 10.6. The fraction of sp³-hybridized carbons (Fsp3) is 0.343. The van der Waals surface area contributed by atoms with Crippen molar-refractivity contribution in [1.82, 2.24) is 4.57 Å². The van der Waals surface area contributed by atoms with Crippen LogP contribution in [0.5, 0.6) is 5.75 Å². The van der Waals surface area contributed by atoms with Crippen molar-refractivity contribution in [2.45, 2.75) is 63.9 Å². The summed E-state index contributed by atoms with van der Waals surface area (Å²) in [5.41, 5.74) is 7.22. The monoisotopic (exact) mass is 553 g/mol. The van der Waals surface area contributed by atoms with Crippen LogP contribution in [0.15, 0.2) is 78.4 Å². The summed E-state index contributed by atoms with van der Waals surface area (Å²) >= 11 is 0. The number of aliphatic carboxylic acids is 1. The molecule has 1 atom stereocenters. The Bertz CT molecular complexity index is 1580. The summed E-state index contributed by atoms with van der Waals surface area (Å²) in [5.74, 6) is 0.156. The van der Waals surface area contributed by atoms with Crippen LogP contribution in [0.1, 0.15) is 72.7 Å².